The molecule has 0 spiro atoms. The van der Waals surface area contributed by atoms with Crippen molar-refractivity contribution < 1.29 is 0 Å². The summed E-state index contributed by atoms with van der Waals surface area (Å²) >= 11 is 0. The largest absolute Gasteiger partial charge is 0.264 e. The summed E-state index contributed by atoms with van der Waals surface area (Å²) in [5, 5.41) is 5.24. The lowest BCUT2D eigenvalue weighted by Crippen LogP contribution is -2.01. The fourth-order valence-corrected chi connectivity index (χ4v) is 3.29. The zero-order valence-electron chi connectivity index (χ0n) is 12.8. The molecule has 1 nitrogen and oxygen atoms in total. The monoisotopic (exact) mass is 315 g/mol. The number of hydrogen-bond acceptors (Lipinski definition) is 1. The van der Waals surface area contributed by atoms with Gasteiger partial charge in [-0.3, -0.25) is 4.98 Å². The van der Waals surface area contributed by atoms with Gasteiger partial charge in [-0.2, -0.15) is 0 Å². The summed E-state index contributed by atoms with van der Waals surface area (Å²) in [4.78, 5) is 4.01. The van der Waals surface area contributed by atoms with Gasteiger partial charge in [-0.1, -0.05) is 93.5 Å². The Labute approximate surface area is 138 Å². The van der Waals surface area contributed by atoms with Crippen molar-refractivity contribution in [1.82, 2.24) is 4.98 Å². The van der Waals surface area contributed by atoms with Crippen molar-refractivity contribution >= 4 is 30.0 Å². The summed E-state index contributed by atoms with van der Waals surface area (Å²) in [6, 6.07) is 31.3. The molecule has 0 aliphatic heterocycles. The van der Waals surface area contributed by atoms with Gasteiger partial charge in [0.2, 0.25) is 0 Å². The Morgan fingerprint density at radius 3 is 1.61 bits per heavy atom. The van der Waals surface area contributed by atoms with Gasteiger partial charge in [-0.15, -0.1) is 0 Å². The number of pyridine rings is 1. The van der Waals surface area contributed by atoms with Crippen LogP contribution in [0.4, 0.5) is 0 Å². The van der Waals surface area contributed by atoms with Crippen molar-refractivity contribution in [2.24, 2.45) is 0 Å². The molecule has 0 atom stereocenters. The molecule has 0 aliphatic rings. The molecular formula is C21H18NP. The van der Waals surface area contributed by atoms with E-state index < -0.39 is 0 Å². The quantitative estimate of drug-likeness (QED) is 0.495. The molecule has 0 N–H and O–H groups in total. The minimum atomic E-state index is 0.777. The zero-order chi connectivity index (χ0) is 15.7. The maximum atomic E-state index is 4.01. The van der Waals surface area contributed by atoms with Crippen LogP contribution in [-0.2, 0) is 0 Å². The lowest BCUT2D eigenvalue weighted by molar-refractivity contribution is 1.36. The SMILES string of the molecule is c1ccc(Pc2ccccc2)cc1.c1ccc2cnccc2c1. The minimum Gasteiger partial charge on any atom is -0.264 e. The van der Waals surface area contributed by atoms with Gasteiger partial charge in [-0.25, -0.2) is 0 Å². The predicted octanol–water partition coefficient (Wildman–Crippen LogP) is 4.55. The van der Waals surface area contributed by atoms with Gasteiger partial charge >= 0.3 is 0 Å². The maximum Gasteiger partial charge on any atom is 0.0346 e. The molecule has 3 aromatic carbocycles. The van der Waals surface area contributed by atoms with Crippen molar-refractivity contribution in [3.05, 3.63) is 103 Å². The van der Waals surface area contributed by atoms with E-state index in [9.17, 15) is 0 Å². The average molecular weight is 315 g/mol. The van der Waals surface area contributed by atoms with E-state index >= 15 is 0 Å². The number of hydrogen-bond donors (Lipinski definition) is 0. The number of rotatable bonds is 2. The van der Waals surface area contributed by atoms with E-state index in [-0.39, 0.29) is 0 Å². The smallest absolute Gasteiger partial charge is 0.0346 e. The van der Waals surface area contributed by atoms with Gasteiger partial charge in [0.05, 0.1) is 0 Å². The van der Waals surface area contributed by atoms with Crippen molar-refractivity contribution in [3.8, 4) is 0 Å². The standard InChI is InChI=1S/C12H11P.C9H7N/c1-3-7-11(8-4-1)13-12-9-5-2-6-10-12;1-2-4-9-7-10-6-5-8(9)3-1/h1-10,13H;1-7H. The summed E-state index contributed by atoms with van der Waals surface area (Å²) in [6.07, 6.45) is 3.68. The van der Waals surface area contributed by atoms with E-state index in [1.807, 2.05) is 30.6 Å². The number of benzene rings is 3. The molecule has 0 bridgehead atoms. The van der Waals surface area contributed by atoms with Crippen LogP contribution in [0.3, 0.4) is 0 Å². The minimum absolute atomic E-state index is 0.777. The Kier molecular flexibility index (Phi) is 5.50. The van der Waals surface area contributed by atoms with E-state index in [2.05, 4.69) is 77.8 Å². The Morgan fingerprint density at radius 1 is 0.522 bits per heavy atom. The van der Waals surface area contributed by atoms with Crippen LogP contribution in [0.2, 0.25) is 0 Å². The van der Waals surface area contributed by atoms with Crippen molar-refractivity contribution in [2.45, 2.75) is 0 Å². The highest BCUT2D eigenvalue weighted by atomic mass is 31.1. The number of nitrogens with zero attached hydrogens (tertiary/aromatic N) is 1. The van der Waals surface area contributed by atoms with Gasteiger partial charge in [0.1, 0.15) is 0 Å². The second-order valence-corrected chi connectivity index (χ2v) is 6.48. The fourth-order valence-electron chi connectivity index (χ4n) is 2.24. The third-order valence-corrected chi connectivity index (χ3v) is 4.63. The van der Waals surface area contributed by atoms with Gasteiger partial charge in [0, 0.05) is 12.4 Å². The molecule has 23 heavy (non-hydrogen) atoms. The molecule has 1 aromatic heterocycles. The lowest BCUT2D eigenvalue weighted by atomic mass is 10.2. The Hall–Kier alpha value is -2.50. The molecular weight excluding hydrogens is 297 g/mol. The molecule has 0 radical (unpaired) electrons. The molecule has 112 valence electrons. The first kappa shape index (κ1) is 15.4. The third-order valence-electron chi connectivity index (χ3n) is 3.39. The highest BCUT2D eigenvalue weighted by Gasteiger charge is 1.92. The van der Waals surface area contributed by atoms with Crippen LogP contribution in [0.25, 0.3) is 10.8 Å². The normalized spacial score (nSPS) is 9.91. The van der Waals surface area contributed by atoms with Crippen LogP contribution in [-0.4, -0.2) is 4.98 Å². The van der Waals surface area contributed by atoms with Gasteiger partial charge in [0.15, 0.2) is 0 Å². The highest BCUT2D eigenvalue weighted by molar-refractivity contribution is 7.55. The van der Waals surface area contributed by atoms with Gasteiger partial charge in [-0.05, 0) is 27.4 Å². The van der Waals surface area contributed by atoms with Gasteiger partial charge < -0.3 is 0 Å². The van der Waals surface area contributed by atoms with Crippen molar-refractivity contribution in [1.29, 1.82) is 0 Å². The lowest BCUT2D eigenvalue weighted by Gasteiger charge is -2.00. The first-order valence-electron chi connectivity index (χ1n) is 7.58. The Morgan fingerprint density at radius 2 is 1.04 bits per heavy atom. The predicted molar refractivity (Wildman–Crippen MR) is 102 cm³/mol. The molecule has 0 amide bonds. The molecule has 0 fully saturated rings. The van der Waals surface area contributed by atoms with Crippen LogP contribution < -0.4 is 10.6 Å². The van der Waals surface area contributed by atoms with Crippen LogP contribution in [0.15, 0.2) is 103 Å². The fraction of sp³-hybridized carbons (Fsp3) is 0. The molecule has 1 heterocycles. The van der Waals surface area contributed by atoms with Crippen LogP contribution in [0, 0.1) is 0 Å². The van der Waals surface area contributed by atoms with E-state index in [4.69, 9.17) is 0 Å². The molecule has 0 saturated heterocycles. The second-order valence-electron chi connectivity index (χ2n) is 5.08. The van der Waals surface area contributed by atoms with Crippen LogP contribution in [0.1, 0.15) is 0 Å². The molecule has 2 heteroatoms. The topological polar surface area (TPSA) is 12.9 Å². The second kappa shape index (κ2) is 8.22. The highest BCUT2D eigenvalue weighted by Crippen LogP contribution is 2.10. The van der Waals surface area contributed by atoms with E-state index in [1.165, 1.54) is 21.4 Å². The van der Waals surface area contributed by atoms with E-state index in [0.717, 1.165) is 8.58 Å². The van der Waals surface area contributed by atoms with Crippen molar-refractivity contribution in [3.63, 3.8) is 0 Å². The summed E-state index contributed by atoms with van der Waals surface area (Å²) in [7, 11) is 0.777. The Balaban J connectivity index is 0.000000140. The van der Waals surface area contributed by atoms with Crippen LogP contribution >= 0.6 is 8.58 Å². The van der Waals surface area contributed by atoms with E-state index in [1.54, 1.807) is 0 Å². The first-order chi connectivity index (χ1) is 11.4. The van der Waals surface area contributed by atoms with Crippen LogP contribution in [0.5, 0.6) is 0 Å². The average Bonchev–Trinajstić information content (AvgIpc) is 2.64. The van der Waals surface area contributed by atoms with Gasteiger partial charge in [0.25, 0.3) is 0 Å². The summed E-state index contributed by atoms with van der Waals surface area (Å²) < 4.78 is 0. The van der Waals surface area contributed by atoms with Crippen molar-refractivity contribution in [2.75, 3.05) is 0 Å². The summed E-state index contributed by atoms with van der Waals surface area (Å²) in [6.45, 7) is 0. The summed E-state index contributed by atoms with van der Waals surface area (Å²) in [5.74, 6) is 0. The Bertz CT molecular complexity index is 742. The molecule has 0 saturated carbocycles. The first-order valence-corrected chi connectivity index (χ1v) is 8.58. The third kappa shape index (κ3) is 4.74. The zero-order valence-corrected chi connectivity index (χ0v) is 13.8. The molecule has 4 aromatic rings. The molecule has 0 unspecified atom stereocenters. The summed E-state index contributed by atoms with van der Waals surface area (Å²) in [5.41, 5.74) is 0. The molecule has 4 rings (SSSR count). The molecule has 0 aliphatic carbocycles. The van der Waals surface area contributed by atoms with E-state index in [0.29, 0.717) is 0 Å². The number of fused-ring (bicyclic) bond motifs is 1. The number of aromatic nitrogens is 1. The maximum absolute atomic E-state index is 4.01.